The SMILES string of the molecule is Cc1cc(-c2cc(C(=O)N(c3ccc(S(C)(=O)=O)cc3)C(C)C)c3c(C)noc3n2)c(C)o1. The highest BCUT2D eigenvalue weighted by molar-refractivity contribution is 7.90. The number of pyridine rings is 1. The van der Waals surface area contributed by atoms with Crippen molar-refractivity contribution in [1.82, 2.24) is 10.1 Å². The molecule has 1 amide bonds. The average Bonchev–Trinajstić information content (AvgIpc) is 3.28. The van der Waals surface area contributed by atoms with Crippen LogP contribution in [0.15, 0.2) is 50.2 Å². The van der Waals surface area contributed by atoms with E-state index in [1.54, 1.807) is 30.0 Å². The lowest BCUT2D eigenvalue weighted by atomic mass is 10.0. The maximum atomic E-state index is 13.9. The van der Waals surface area contributed by atoms with Crippen molar-refractivity contribution in [2.45, 2.75) is 45.6 Å². The van der Waals surface area contributed by atoms with Crippen LogP contribution in [-0.2, 0) is 9.84 Å². The summed E-state index contributed by atoms with van der Waals surface area (Å²) in [7, 11) is -3.34. The molecule has 3 heterocycles. The quantitative estimate of drug-likeness (QED) is 0.412. The second-order valence-corrected chi connectivity index (χ2v) is 10.4. The molecule has 0 radical (unpaired) electrons. The summed E-state index contributed by atoms with van der Waals surface area (Å²) in [5.41, 5.74) is 3.12. The van der Waals surface area contributed by atoms with E-state index in [1.807, 2.05) is 33.8 Å². The topological polar surface area (TPSA) is 107 Å². The molecule has 8 nitrogen and oxygen atoms in total. The third-order valence-electron chi connectivity index (χ3n) is 5.44. The number of aryl methyl sites for hydroxylation is 3. The van der Waals surface area contributed by atoms with Crippen LogP contribution < -0.4 is 4.90 Å². The van der Waals surface area contributed by atoms with Crippen LogP contribution in [-0.4, -0.2) is 36.8 Å². The molecule has 0 saturated heterocycles. The van der Waals surface area contributed by atoms with E-state index in [-0.39, 0.29) is 22.6 Å². The van der Waals surface area contributed by atoms with Crippen LogP contribution >= 0.6 is 0 Å². The molecule has 0 aliphatic carbocycles. The second-order valence-electron chi connectivity index (χ2n) is 8.37. The van der Waals surface area contributed by atoms with E-state index in [0.29, 0.717) is 33.8 Å². The van der Waals surface area contributed by atoms with Crippen molar-refractivity contribution in [1.29, 1.82) is 0 Å². The normalized spacial score (nSPS) is 12.0. The van der Waals surface area contributed by atoms with E-state index in [0.717, 1.165) is 17.6 Å². The van der Waals surface area contributed by atoms with Crippen LogP contribution in [0.4, 0.5) is 5.69 Å². The Morgan fingerprint density at radius 1 is 1.06 bits per heavy atom. The number of rotatable bonds is 5. The number of hydrogen-bond donors (Lipinski definition) is 0. The zero-order valence-electron chi connectivity index (χ0n) is 19.3. The number of sulfone groups is 1. The van der Waals surface area contributed by atoms with Gasteiger partial charge in [0.1, 0.15) is 11.5 Å². The largest absolute Gasteiger partial charge is 0.466 e. The van der Waals surface area contributed by atoms with Gasteiger partial charge in [0.2, 0.25) is 0 Å². The Morgan fingerprint density at radius 2 is 1.73 bits per heavy atom. The number of benzene rings is 1. The molecule has 0 aliphatic rings. The molecule has 9 heteroatoms. The molecule has 1 aromatic carbocycles. The predicted molar refractivity (Wildman–Crippen MR) is 125 cm³/mol. The Kier molecular flexibility index (Phi) is 5.61. The van der Waals surface area contributed by atoms with Crippen molar-refractivity contribution in [3.8, 4) is 11.3 Å². The molecule has 0 bridgehead atoms. The fraction of sp³-hybridized carbons (Fsp3) is 0.292. The van der Waals surface area contributed by atoms with Crippen molar-refractivity contribution < 1.29 is 22.2 Å². The number of nitrogens with zero attached hydrogens (tertiary/aromatic N) is 3. The number of amides is 1. The first-order valence-corrected chi connectivity index (χ1v) is 12.3. The van der Waals surface area contributed by atoms with Crippen molar-refractivity contribution >= 4 is 32.5 Å². The Labute approximate surface area is 192 Å². The van der Waals surface area contributed by atoms with Crippen LogP contribution in [0.25, 0.3) is 22.4 Å². The maximum Gasteiger partial charge on any atom is 0.259 e. The third kappa shape index (κ3) is 4.16. The van der Waals surface area contributed by atoms with Crippen molar-refractivity contribution in [3.05, 3.63) is 59.2 Å². The van der Waals surface area contributed by atoms with Gasteiger partial charge in [-0.1, -0.05) is 5.16 Å². The molecule has 4 aromatic rings. The van der Waals surface area contributed by atoms with Gasteiger partial charge in [0.15, 0.2) is 9.84 Å². The summed E-state index contributed by atoms with van der Waals surface area (Å²) in [6.45, 7) is 9.24. The number of furan rings is 1. The fourth-order valence-corrected chi connectivity index (χ4v) is 4.55. The van der Waals surface area contributed by atoms with Crippen molar-refractivity contribution in [2.75, 3.05) is 11.2 Å². The standard InChI is InChI=1S/C24H25N3O5S/c1-13(2)27(17-7-9-18(10-8-17)33(6,29)30)24(28)20-12-21(19-11-14(3)31-16(19)5)25-23-22(20)15(4)26-32-23/h7-13H,1-6H3. The van der Waals surface area contributed by atoms with Crippen LogP contribution in [0.1, 0.15) is 41.4 Å². The highest BCUT2D eigenvalue weighted by atomic mass is 32.2. The first-order valence-electron chi connectivity index (χ1n) is 10.5. The summed E-state index contributed by atoms with van der Waals surface area (Å²) >= 11 is 0. The Morgan fingerprint density at radius 3 is 2.27 bits per heavy atom. The minimum atomic E-state index is -3.34. The van der Waals surface area contributed by atoms with Gasteiger partial charge in [-0.3, -0.25) is 4.79 Å². The van der Waals surface area contributed by atoms with E-state index in [4.69, 9.17) is 8.94 Å². The summed E-state index contributed by atoms with van der Waals surface area (Å²) < 4.78 is 34.8. The summed E-state index contributed by atoms with van der Waals surface area (Å²) in [6, 6.07) is 9.67. The lowest BCUT2D eigenvalue weighted by molar-refractivity contribution is 0.0981. The minimum absolute atomic E-state index is 0.191. The number of carbonyl (C=O) groups excluding carboxylic acids is 1. The van der Waals surface area contributed by atoms with Gasteiger partial charge in [-0.05, 0) is 71.0 Å². The number of carbonyl (C=O) groups is 1. The molecule has 0 aliphatic heterocycles. The molecular weight excluding hydrogens is 442 g/mol. The van der Waals surface area contributed by atoms with Gasteiger partial charge in [-0.15, -0.1) is 0 Å². The smallest absolute Gasteiger partial charge is 0.259 e. The van der Waals surface area contributed by atoms with Gasteiger partial charge in [-0.25, -0.2) is 13.4 Å². The summed E-state index contributed by atoms with van der Waals surface area (Å²) in [4.78, 5) is 20.3. The molecule has 4 rings (SSSR count). The van der Waals surface area contributed by atoms with E-state index in [1.165, 1.54) is 12.1 Å². The molecule has 0 atom stereocenters. The molecule has 33 heavy (non-hydrogen) atoms. The highest BCUT2D eigenvalue weighted by Gasteiger charge is 2.27. The molecule has 0 saturated carbocycles. The number of anilines is 1. The summed E-state index contributed by atoms with van der Waals surface area (Å²) in [5, 5.41) is 4.56. The van der Waals surface area contributed by atoms with Crippen LogP contribution in [0.5, 0.6) is 0 Å². The molecule has 3 aromatic heterocycles. The van der Waals surface area contributed by atoms with Gasteiger partial charge in [0, 0.05) is 23.5 Å². The summed E-state index contributed by atoms with van der Waals surface area (Å²) in [5.74, 6) is 1.15. The predicted octanol–water partition coefficient (Wildman–Crippen LogP) is 4.87. The summed E-state index contributed by atoms with van der Waals surface area (Å²) in [6.07, 6.45) is 1.15. The average molecular weight is 468 g/mol. The lowest BCUT2D eigenvalue weighted by Gasteiger charge is -2.27. The Bertz CT molecular complexity index is 1460. The minimum Gasteiger partial charge on any atom is -0.466 e. The van der Waals surface area contributed by atoms with E-state index in [2.05, 4.69) is 10.1 Å². The molecule has 0 fully saturated rings. The molecule has 0 N–H and O–H groups in total. The monoisotopic (exact) mass is 467 g/mol. The molecule has 0 spiro atoms. The van der Waals surface area contributed by atoms with E-state index >= 15 is 0 Å². The van der Waals surface area contributed by atoms with Gasteiger partial charge in [-0.2, -0.15) is 0 Å². The van der Waals surface area contributed by atoms with Gasteiger partial charge < -0.3 is 13.8 Å². The number of fused-ring (bicyclic) bond motifs is 1. The van der Waals surface area contributed by atoms with Crippen LogP contribution in [0.3, 0.4) is 0 Å². The molecule has 0 unspecified atom stereocenters. The Balaban J connectivity index is 1.87. The second kappa shape index (κ2) is 8.15. The number of hydrogen-bond acceptors (Lipinski definition) is 7. The van der Waals surface area contributed by atoms with Gasteiger partial charge >= 0.3 is 0 Å². The maximum absolute atomic E-state index is 13.9. The molecule has 172 valence electrons. The highest BCUT2D eigenvalue weighted by Crippen LogP contribution is 2.32. The first kappa shape index (κ1) is 22.7. The zero-order chi connectivity index (χ0) is 24.1. The molecular formula is C24H25N3O5S. The van der Waals surface area contributed by atoms with Crippen LogP contribution in [0, 0.1) is 20.8 Å². The Hall–Kier alpha value is -3.46. The van der Waals surface area contributed by atoms with Crippen molar-refractivity contribution in [3.63, 3.8) is 0 Å². The zero-order valence-corrected chi connectivity index (χ0v) is 20.1. The van der Waals surface area contributed by atoms with Gasteiger partial charge in [0.25, 0.3) is 11.6 Å². The number of aromatic nitrogens is 2. The first-order chi connectivity index (χ1) is 15.5. The van der Waals surface area contributed by atoms with Crippen LogP contribution in [0.2, 0.25) is 0 Å². The van der Waals surface area contributed by atoms with E-state index in [9.17, 15) is 13.2 Å². The van der Waals surface area contributed by atoms with E-state index < -0.39 is 9.84 Å². The van der Waals surface area contributed by atoms with Crippen molar-refractivity contribution in [2.24, 2.45) is 0 Å². The lowest BCUT2D eigenvalue weighted by Crippen LogP contribution is -2.37. The van der Waals surface area contributed by atoms with Gasteiger partial charge in [0.05, 0.1) is 27.2 Å². The fourth-order valence-electron chi connectivity index (χ4n) is 3.92. The third-order valence-corrected chi connectivity index (χ3v) is 6.57.